The average molecular weight is 372 g/mol. The molecule has 1 saturated heterocycles. The largest absolute Gasteiger partial charge is 0.387 e. The van der Waals surface area contributed by atoms with Gasteiger partial charge in [0, 0.05) is 18.7 Å². The highest BCUT2D eigenvalue weighted by Crippen LogP contribution is 2.27. The molecule has 2 aliphatic rings. The molecule has 1 atom stereocenters. The van der Waals surface area contributed by atoms with Gasteiger partial charge in [0.2, 0.25) is 0 Å². The lowest BCUT2D eigenvalue weighted by Gasteiger charge is -2.33. The number of hydrogen-bond acceptors (Lipinski definition) is 3. The third kappa shape index (κ3) is 6.03. The van der Waals surface area contributed by atoms with Gasteiger partial charge in [-0.3, -0.25) is 4.98 Å². The molecule has 6 heteroatoms. The second-order valence-electron chi connectivity index (χ2n) is 8.04. The molecule has 6 nitrogen and oxygen atoms in total. The quantitative estimate of drug-likeness (QED) is 0.606. The SMILES string of the molecule is Cc1ncccc1NC(=O)/N=C(\N)C1CCCN(CCC2CCCCC2)C1. The third-order valence-electron chi connectivity index (χ3n) is 5.98. The van der Waals surface area contributed by atoms with E-state index >= 15 is 0 Å². The summed E-state index contributed by atoms with van der Waals surface area (Å²) in [6.45, 7) is 5.06. The lowest BCUT2D eigenvalue weighted by Crippen LogP contribution is -2.42. The van der Waals surface area contributed by atoms with Crippen LogP contribution in [0.2, 0.25) is 0 Å². The van der Waals surface area contributed by atoms with E-state index in [0.717, 1.165) is 44.1 Å². The van der Waals surface area contributed by atoms with Crippen LogP contribution in [-0.2, 0) is 0 Å². The van der Waals surface area contributed by atoms with Crippen LogP contribution in [0, 0.1) is 18.8 Å². The first kappa shape index (κ1) is 19.8. The first-order valence-corrected chi connectivity index (χ1v) is 10.4. The maximum absolute atomic E-state index is 12.2. The van der Waals surface area contributed by atoms with Crippen LogP contribution in [-0.4, -0.2) is 41.4 Å². The molecule has 3 rings (SSSR count). The number of carbonyl (C=O) groups excluding carboxylic acids is 1. The van der Waals surface area contributed by atoms with E-state index in [9.17, 15) is 4.79 Å². The van der Waals surface area contributed by atoms with Crippen LogP contribution in [0.4, 0.5) is 10.5 Å². The minimum Gasteiger partial charge on any atom is -0.387 e. The normalized spacial score (nSPS) is 22.6. The zero-order valence-corrected chi connectivity index (χ0v) is 16.5. The summed E-state index contributed by atoms with van der Waals surface area (Å²) in [6.07, 6.45) is 12.1. The number of urea groups is 1. The van der Waals surface area contributed by atoms with E-state index in [2.05, 4.69) is 20.2 Å². The van der Waals surface area contributed by atoms with Crippen LogP contribution in [0.3, 0.4) is 0 Å². The van der Waals surface area contributed by atoms with Crippen LogP contribution >= 0.6 is 0 Å². The first-order valence-electron chi connectivity index (χ1n) is 10.4. The van der Waals surface area contributed by atoms with Crippen LogP contribution < -0.4 is 11.1 Å². The Balaban J connectivity index is 1.49. The summed E-state index contributed by atoms with van der Waals surface area (Å²) in [5, 5.41) is 2.78. The van der Waals surface area contributed by atoms with Crippen molar-refractivity contribution in [3.63, 3.8) is 0 Å². The molecule has 0 radical (unpaired) electrons. The summed E-state index contributed by atoms with van der Waals surface area (Å²) < 4.78 is 0. The predicted octanol–water partition coefficient (Wildman–Crippen LogP) is 3.96. The highest BCUT2D eigenvalue weighted by Gasteiger charge is 2.24. The molecule has 1 saturated carbocycles. The Morgan fingerprint density at radius 2 is 2.11 bits per heavy atom. The van der Waals surface area contributed by atoms with E-state index in [4.69, 9.17) is 5.73 Å². The van der Waals surface area contributed by atoms with Crippen molar-refractivity contribution in [2.45, 2.75) is 58.3 Å². The van der Waals surface area contributed by atoms with E-state index in [-0.39, 0.29) is 5.92 Å². The Labute approximate surface area is 162 Å². The fourth-order valence-corrected chi connectivity index (χ4v) is 4.31. The Kier molecular flexibility index (Phi) is 7.21. The molecule has 1 aromatic heterocycles. The summed E-state index contributed by atoms with van der Waals surface area (Å²) in [5.74, 6) is 1.53. The second kappa shape index (κ2) is 9.83. The first-order chi connectivity index (χ1) is 13.1. The van der Waals surface area contributed by atoms with Crippen LogP contribution in [0.25, 0.3) is 0 Å². The van der Waals surface area contributed by atoms with Gasteiger partial charge in [-0.2, -0.15) is 4.99 Å². The molecule has 0 bridgehead atoms. The fourth-order valence-electron chi connectivity index (χ4n) is 4.31. The number of nitrogens with one attached hydrogen (secondary N) is 1. The van der Waals surface area contributed by atoms with Gasteiger partial charge in [0.25, 0.3) is 0 Å². The molecule has 2 heterocycles. The van der Waals surface area contributed by atoms with Crippen LogP contribution in [0.1, 0.15) is 57.1 Å². The number of pyridine rings is 1. The summed E-state index contributed by atoms with van der Waals surface area (Å²) in [5.41, 5.74) is 7.64. The number of aliphatic imine (C=N–C) groups is 1. The zero-order chi connectivity index (χ0) is 19.1. The minimum absolute atomic E-state index is 0.172. The van der Waals surface area contributed by atoms with Crippen molar-refractivity contribution in [2.75, 3.05) is 25.0 Å². The highest BCUT2D eigenvalue weighted by molar-refractivity contribution is 6.00. The summed E-state index contributed by atoms with van der Waals surface area (Å²) in [4.78, 5) is 23.0. The number of amides is 2. The van der Waals surface area contributed by atoms with Crippen LogP contribution in [0.15, 0.2) is 23.3 Å². The second-order valence-corrected chi connectivity index (χ2v) is 8.04. The van der Waals surface area contributed by atoms with Gasteiger partial charge < -0.3 is 16.0 Å². The van der Waals surface area contributed by atoms with Crippen LogP contribution in [0.5, 0.6) is 0 Å². The molecule has 148 valence electrons. The Morgan fingerprint density at radius 1 is 1.30 bits per heavy atom. The van der Waals surface area contributed by atoms with E-state index in [0.29, 0.717) is 11.5 Å². The number of carbonyl (C=O) groups is 1. The summed E-state index contributed by atoms with van der Waals surface area (Å²) in [7, 11) is 0. The maximum atomic E-state index is 12.2. The van der Waals surface area contributed by atoms with Gasteiger partial charge in [-0.05, 0) is 57.3 Å². The molecular formula is C21H33N5O. The molecule has 27 heavy (non-hydrogen) atoms. The van der Waals surface area contributed by atoms with E-state index in [1.807, 2.05) is 13.0 Å². The van der Waals surface area contributed by atoms with Gasteiger partial charge in [-0.25, -0.2) is 4.79 Å². The van der Waals surface area contributed by atoms with E-state index < -0.39 is 6.03 Å². The molecule has 0 aromatic carbocycles. The molecule has 3 N–H and O–H groups in total. The average Bonchev–Trinajstić information content (AvgIpc) is 2.69. The molecule has 2 amide bonds. The lowest BCUT2D eigenvalue weighted by molar-refractivity contribution is 0.182. The number of nitrogens with two attached hydrogens (primary N) is 1. The van der Waals surface area contributed by atoms with Crippen molar-refractivity contribution in [2.24, 2.45) is 22.6 Å². The van der Waals surface area contributed by atoms with E-state index in [1.54, 1.807) is 12.3 Å². The molecule has 1 aromatic rings. The van der Waals surface area contributed by atoms with Crippen molar-refractivity contribution in [1.29, 1.82) is 0 Å². The highest BCUT2D eigenvalue weighted by atomic mass is 16.2. The molecule has 1 aliphatic carbocycles. The van der Waals surface area contributed by atoms with Gasteiger partial charge >= 0.3 is 6.03 Å². The fraction of sp³-hybridized carbons (Fsp3) is 0.667. The Bertz CT molecular complexity index is 654. The number of nitrogens with zero attached hydrogens (tertiary/aromatic N) is 3. The smallest absolute Gasteiger partial charge is 0.347 e. The number of aromatic nitrogens is 1. The number of anilines is 1. The molecule has 2 fully saturated rings. The molecule has 1 aliphatic heterocycles. The Hall–Kier alpha value is -1.95. The maximum Gasteiger partial charge on any atom is 0.347 e. The number of rotatable bonds is 5. The monoisotopic (exact) mass is 371 g/mol. The van der Waals surface area contributed by atoms with Gasteiger partial charge in [0.1, 0.15) is 5.84 Å². The number of aryl methyl sites for hydroxylation is 1. The number of piperidine rings is 1. The van der Waals surface area contributed by atoms with Crippen molar-refractivity contribution >= 4 is 17.6 Å². The standard InChI is InChI=1S/C21H33N5O/c1-16-19(10-5-12-23-16)24-21(27)25-20(22)18-9-6-13-26(15-18)14-11-17-7-3-2-4-8-17/h5,10,12,17-18H,2-4,6-9,11,13-15H2,1H3,(H3,22,24,25,27). The predicted molar refractivity (Wildman–Crippen MR) is 110 cm³/mol. The number of likely N-dealkylation sites (tertiary alicyclic amines) is 1. The van der Waals surface area contributed by atoms with Gasteiger partial charge in [-0.15, -0.1) is 0 Å². The topological polar surface area (TPSA) is 83.6 Å². The van der Waals surface area contributed by atoms with Gasteiger partial charge in [0.05, 0.1) is 11.4 Å². The molecular weight excluding hydrogens is 338 g/mol. The zero-order valence-electron chi connectivity index (χ0n) is 16.5. The van der Waals surface area contributed by atoms with Crippen molar-refractivity contribution in [3.05, 3.63) is 24.0 Å². The van der Waals surface area contributed by atoms with E-state index in [1.165, 1.54) is 38.5 Å². The number of amidine groups is 1. The molecule has 1 unspecified atom stereocenters. The van der Waals surface area contributed by atoms with Crippen molar-refractivity contribution in [1.82, 2.24) is 9.88 Å². The summed E-state index contributed by atoms with van der Waals surface area (Å²) >= 11 is 0. The third-order valence-corrected chi connectivity index (χ3v) is 5.98. The lowest BCUT2D eigenvalue weighted by atomic mass is 9.86. The van der Waals surface area contributed by atoms with Crippen molar-refractivity contribution in [3.8, 4) is 0 Å². The minimum atomic E-state index is -0.414. The summed E-state index contributed by atoms with van der Waals surface area (Å²) in [6, 6.07) is 3.20. The number of hydrogen-bond donors (Lipinski definition) is 2. The van der Waals surface area contributed by atoms with Crippen molar-refractivity contribution < 1.29 is 4.79 Å². The Morgan fingerprint density at radius 3 is 2.89 bits per heavy atom. The van der Waals surface area contributed by atoms with Gasteiger partial charge in [-0.1, -0.05) is 32.1 Å². The molecule has 0 spiro atoms. The van der Waals surface area contributed by atoms with Gasteiger partial charge in [0.15, 0.2) is 0 Å².